The second-order valence-corrected chi connectivity index (χ2v) is 5.51. The lowest BCUT2D eigenvalue weighted by Gasteiger charge is -2.14. The zero-order valence-corrected chi connectivity index (χ0v) is 12.6. The molecule has 0 saturated heterocycles. The number of rotatable bonds is 4. The van der Waals surface area contributed by atoms with Crippen molar-refractivity contribution < 1.29 is 19.1 Å². The van der Waals surface area contributed by atoms with Crippen LogP contribution < -0.4 is 9.79 Å². The summed E-state index contributed by atoms with van der Waals surface area (Å²) in [5.74, 6) is -0.699. The van der Waals surface area contributed by atoms with Gasteiger partial charge in [-0.3, -0.25) is 4.79 Å². The highest BCUT2D eigenvalue weighted by atomic mass is 32.1. The standard InChI is InChI=1S/C15H13N3O3S/c1-17(14(19)11-7-8-22-10-11)9-13-15(20)21-16-18(13)12-5-3-2-4-6-12/h2-8,10H,9H2,1H3. The minimum atomic E-state index is -0.547. The van der Waals surface area contributed by atoms with Gasteiger partial charge in [0.1, 0.15) is 6.54 Å². The number of aromatic nitrogens is 2. The fourth-order valence-electron chi connectivity index (χ4n) is 2.07. The SMILES string of the molecule is CN(Cc1c([O-])on[n+]1-c1ccccc1)C(=O)c1ccsc1. The normalized spacial score (nSPS) is 10.6. The molecule has 0 aliphatic rings. The summed E-state index contributed by atoms with van der Waals surface area (Å²) in [5, 5.41) is 19.2. The van der Waals surface area contributed by atoms with Gasteiger partial charge in [-0.2, -0.15) is 11.3 Å². The maximum Gasteiger partial charge on any atom is 0.259 e. The Balaban J connectivity index is 1.87. The van der Waals surface area contributed by atoms with E-state index in [0.717, 1.165) is 0 Å². The van der Waals surface area contributed by atoms with Gasteiger partial charge in [-0.05, 0) is 16.1 Å². The van der Waals surface area contributed by atoms with Crippen LogP contribution in [0.2, 0.25) is 0 Å². The smallest absolute Gasteiger partial charge is 0.259 e. The molecule has 6 nitrogen and oxygen atoms in total. The van der Waals surface area contributed by atoms with Crippen molar-refractivity contribution >= 4 is 17.2 Å². The van der Waals surface area contributed by atoms with Crippen LogP contribution in [-0.2, 0) is 6.54 Å². The second-order valence-electron chi connectivity index (χ2n) is 4.73. The van der Waals surface area contributed by atoms with Gasteiger partial charge in [0, 0.05) is 24.6 Å². The molecule has 2 aromatic heterocycles. The van der Waals surface area contributed by atoms with E-state index < -0.39 is 5.95 Å². The summed E-state index contributed by atoms with van der Waals surface area (Å²) in [6.45, 7) is 0.117. The van der Waals surface area contributed by atoms with Crippen molar-refractivity contribution in [2.45, 2.75) is 6.54 Å². The van der Waals surface area contributed by atoms with E-state index >= 15 is 0 Å². The van der Waals surface area contributed by atoms with Crippen LogP contribution in [0.3, 0.4) is 0 Å². The third kappa shape index (κ3) is 2.71. The molecule has 2 heterocycles. The van der Waals surface area contributed by atoms with Gasteiger partial charge in [0.05, 0.1) is 10.8 Å². The van der Waals surface area contributed by atoms with Crippen LogP contribution in [0.1, 0.15) is 16.1 Å². The fraction of sp³-hybridized carbons (Fsp3) is 0.133. The van der Waals surface area contributed by atoms with Gasteiger partial charge < -0.3 is 14.5 Å². The molecule has 0 unspecified atom stereocenters. The summed E-state index contributed by atoms with van der Waals surface area (Å²) in [4.78, 5) is 13.7. The van der Waals surface area contributed by atoms with Crippen LogP contribution >= 0.6 is 11.3 Å². The summed E-state index contributed by atoms with van der Waals surface area (Å²) in [5.41, 5.74) is 1.61. The molecule has 3 aromatic rings. The number of hydrogen-bond donors (Lipinski definition) is 0. The molecular weight excluding hydrogens is 302 g/mol. The molecule has 0 N–H and O–H groups in total. The maximum atomic E-state index is 12.3. The Morgan fingerprint density at radius 2 is 2.14 bits per heavy atom. The summed E-state index contributed by atoms with van der Waals surface area (Å²) in [6.07, 6.45) is 0. The molecule has 0 bridgehead atoms. The fourth-order valence-corrected chi connectivity index (χ4v) is 2.70. The van der Waals surface area contributed by atoms with Gasteiger partial charge in [0.25, 0.3) is 11.6 Å². The molecule has 1 amide bonds. The van der Waals surface area contributed by atoms with Crippen LogP contribution in [0.15, 0.2) is 51.7 Å². The summed E-state index contributed by atoms with van der Waals surface area (Å²) < 4.78 is 6.16. The molecule has 0 fully saturated rings. The van der Waals surface area contributed by atoms with Crippen LogP contribution in [0.4, 0.5) is 0 Å². The van der Waals surface area contributed by atoms with Gasteiger partial charge in [-0.15, -0.1) is 0 Å². The average molecular weight is 315 g/mol. The van der Waals surface area contributed by atoms with E-state index in [4.69, 9.17) is 4.52 Å². The van der Waals surface area contributed by atoms with Gasteiger partial charge in [-0.1, -0.05) is 18.2 Å². The van der Waals surface area contributed by atoms with Crippen molar-refractivity contribution in [2.75, 3.05) is 7.05 Å². The quantitative estimate of drug-likeness (QED) is 0.681. The molecule has 0 atom stereocenters. The van der Waals surface area contributed by atoms with Crippen molar-refractivity contribution in [3.05, 3.63) is 58.4 Å². The number of amides is 1. The van der Waals surface area contributed by atoms with Crippen molar-refractivity contribution in [3.63, 3.8) is 0 Å². The lowest BCUT2D eigenvalue weighted by atomic mass is 10.2. The first-order valence-electron chi connectivity index (χ1n) is 6.58. The van der Waals surface area contributed by atoms with Crippen LogP contribution in [-0.4, -0.2) is 23.1 Å². The first kappa shape index (κ1) is 14.3. The predicted octanol–water partition coefficient (Wildman–Crippen LogP) is 1.36. The number of benzene rings is 1. The molecule has 112 valence electrons. The van der Waals surface area contributed by atoms with E-state index in [1.54, 1.807) is 18.5 Å². The third-order valence-electron chi connectivity index (χ3n) is 3.20. The highest BCUT2D eigenvalue weighted by Gasteiger charge is 2.24. The van der Waals surface area contributed by atoms with Gasteiger partial charge in [-0.25, -0.2) is 0 Å². The van der Waals surface area contributed by atoms with E-state index in [9.17, 15) is 9.90 Å². The Bertz CT molecular complexity index is 769. The van der Waals surface area contributed by atoms with Crippen molar-refractivity contribution in [3.8, 4) is 11.6 Å². The number of carbonyl (C=O) groups excluding carboxylic acids is 1. The highest BCUT2D eigenvalue weighted by Crippen LogP contribution is 2.15. The van der Waals surface area contributed by atoms with E-state index in [2.05, 4.69) is 5.27 Å². The van der Waals surface area contributed by atoms with E-state index in [-0.39, 0.29) is 12.5 Å². The molecular formula is C15H13N3O3S. The number of hydrogen-bond acceptors (Lipinski definition) is 5. The third-order valence-corrected chi connectivity index (χ3v) is 3.88. The first-order chi connectivity index (χ1) is 10.7. The molecule has 0 spiro atoms. The topological polar surface area (TPSA) is 73.3 Å². The minimum absolute atomic E-state index is 0.117. The van der Waals surface area contributed by atoms with Crippen LogP contribution in [0.25, 0.3) is 5.69 Å². The van der Waals surface area contributed by atoms with Crippen molar-refractivity contribution in [1.29, 1.82) is 0 Å². The van der Waals surface area contributed by atoms with E-state index in [1.165, 1.54) is 20.9 Å². The maximum absolute atomic E-state index is 12.3. The van der Waals surface area contributed by atoms with E-state index in [1.807, 2.05) is 35.7 Å². The molecule has 1 aromatic carbocycles. The number of thiophene rings is 1. The second kappa shape index (κ2) is 5.98. The highest BCUT2D eigenvalue weighted by molar-refractivity contribution is 7.08. The number of para-hydroxylation sites is 1. The summed E-state index contributed by atoms with van der Waals surface area (Å²) in [7, 11) is 1.64. The van der Waals surface area contributed by atoms with Crippen molar-refractivity contribution in [2.24, 2.45) is 0 Å². The first-order valence-corrected chi connectivity index (χ1v) is 7.52. The largest absolute Gasteiger partial charge is 0.539 e. The van der Waals surface area contributed by atoms with E-state index in [0.29, 0.717) is 16.9 Å². The van der Waals surface area contributed by atoms with Crippen molar-refractivity contribution in [1.82, 2.24) is 10.2 Å². The van der Waals surface area contributed by atoms with Crippen LogP contribution in [0.5, 0.6) is 5.95 Å². The Hall–Kier alpha value is -2.67. The zero-order valence-electron chi connectivity index (χ0n) is 11.8. The molecule has 0 aliphatic heterocycles. The molecule has 0 saturated carbocycles. The Morgan fingerprint density at radius 1 is 1.36 bits per heavy atom. The Kier molecular flexibility index (Phi) is 3.88. The molecule has 0 aliphatic carbocycles. The lowest BCUT2D eigenvalue weighted by Crippen LogP contribution is -2.40. The Labute approximate surface area is 130 Å². The zero-order chi connectivity index (χ0) is 15.5. The summed E-state index contributed by atoms with van der Waals surface area (Å²) in [6, 6.07) is 10.9. The molecule has 22 heavy (non-hydrogen) atoms. The minimum Gasteiger partial charge on any atom is -0.539 e. The summed E-state index contributed by atoms with van der Waals surface area (Å²) >= 11 is 1.45. The van der Waals surface area contributed by atoms with Gasteiger partial charge in [0.2, 0.25) is 5.69 Å². The molecule has 0 radical (unpaired) electrons. The predicted molar refractivity (Wildman–Crippen MR) is 77.6 cm³/mol. The lowest BCUT2D eigenvalue weighted by molar-refractivity contribution is -0.678. The number of nitrogens with zero attached hydrogens (tertiary/aromatic N) is 3. The van der Waals surface area contributed by atoms with Gasteiger partial charge in [0.15, 0.2) is 5.95 Å². The monoisotopic (exact) mass is 315 g/mol. The number of carbonyl (C=O) groups is 1. The molecule has 3 rings (SSSR count). The average Bonchev–Trinajstić information content (AvgIpc) is 3.18. The van der Waals surface area contributed by atoms with Crippen LogP contribution in [0, 0.1) is 0 Å². The Morgan fingerprint density at radius 3 is 2.82 bits per heavy atom. The molecule has 7 heteroatoms. The van der Waals surface area contributed by atoms with Gasteiger partial charge >= 0.3 is 0 Å².